The lowest BCUT2D eigenvalue weighted by Crippen LogP contribution is -2.30. The molecule has 0 fully saturated rings. The summed E-state index contributed by atoms with van der Waals surface area (Å²) in [5, 5.41) is 4.67. The van der Waals surface area contributed by atoms with E-state index in [2.05, 4.69) is 15.5 Å². The Kier molecular flexibility index (Phi) is 6.55. The van der Waals surface area contributed by atoms with E-state index in [4.69, 9.17) is 9.47 Å². The van der Waals surface area contributed by atoms with E-state index in [0.717, 1.165) is 41.6 Å². The maximum absolute atomic E-state index is 13.0. The predicted molar refractivity (Wildman–Crippen MR) is 125 cm³/mol. The molecule has 2 heterocycles. The number of rotatable bonds is 7. The molecule has 32 heavy (non-hydrogen) atoms. The Hall–Kier alpha value is -3.20. The standard InChI is InChI=1S/C23H26N4O4S/c1-14(2)31-17-9-8-15(10-18(17)30-3)11-25-26-20(28)12-27-13-24-22-21(23(27)29)16-6-4-5-7-19(16)32-22/h8-11,13-14H,4-7,12H2,1-3H3,(H,26,28)/b25-11+. The highest BCUT2D eigenvalue weighted by atomic mass is 32.1. The van der Waals surface area contributed by atoms with Gasteiger partial charge in [0.05, 0.1) is 31.1 Å². The number of hydrogen-bond donors (Lipinski definition) is 1. The van der Waals surface area contributed by atoms with Crippen LogP contribution in [0, 0.1) is 0 Å². The van der Waals surface area contributed by atoms with Crippen LogP contribution in [-0.4, -0.2) is 34.9 Å². The van der Waals surface area contributed by atoms with Crippen molar-refractivity contribution in [2.45, 2.75) is 52.2 Å². The molecule has 1 amide bonds. The maximum atomic E-state index is 13.0. The number of nitrogens with one attached hydrogen (secondary N) is 1. The average molecular weight is 455 g/mol. The van der Waals surface area contributed by atoms with Crippen LogP contribution in [0.4, 0.5) is 0 Å². The van der Waals surface area contributed by atoms with Gasteiger partial charge in [-0.1, -0.05) is 0 Å². The van der Waals surface area contributed by atoms with E-state index >= 15 is 0 Å². The molecular weight excluding hydrogens is 428 g/mol. The van der Waals surface area contributed by atoms with Crippen LogP contribution in [0.1, 0.15) is 42.7 Å². The normalized spacial score (nSPS) is 13.5. The van der Waals surface area contributed by atoms with Gasteiger partial charge in [-0.05, 0) is 68.9 Å². The molecule has 0 unspecified atom stereocenters. The van der Waals surface area contributed by atoms with Crippen molar-refractivity contribution < 1.29 is 14.3 Å². The summed E-state index contributed by atoms with van der Waals surface area (Å²) in [6.45, 7) is 3.74. The molecule has 1 aliphatic rings. The highest BCUT2D eigenvalue weighted by Gasteiger charge is 2.20. The zero-order valence-electron chi connectivity index (χ0n) is 18.4. The molecule has 168 valence electrons. The molecule has 3 aromatic rings. The minimum absolute atomic E-state index is 0.0272. The number of benzene rings is 1. The van der Waals surface area contributed by atoms with Crippen molar-refractivity contribution in [2.75, 3.05) is 7.11 Å². The molecule has 0 spiro atoms. The second kappa shape index (κ2) is 9.52. The van der Waals surface area contributed by atoms with Gasteiger partial charge in [0.1, 0.15) is 11.4 Å². The zero-order valence-corrected chi connectivity index (χ0v) is 19.2. The summed E-state index contributed by atoms with van der Waals surface area (Å²) in [6.07, 6.45) is 7.11. The number of carbonyl (C=O) groups excluding carboxylic acids is 1. The van der Waals surface area contributed by atoms with Gasteiger partial charge >= 0.3 is 0 Å². The first-order chi connectivity index (χ1) is 15.5. The minimum Gasteiger partial charge on any atom is -0.493 e. The van der Waals surface area contributed by atoms with Crippen molar-refractivity contribution in [1.82, 2.24) is 15.0 Å². The van der Waals surface area contributed by atoms with Gasteiger partial charge in [-0.2, -0.15) is 5.10 Å². The molecule has 9 heteroatoms. The maximum Gasteiger partial charge on any atom is 0.262 e. The summed E-state index contributed by atoms with van der Waals surface area (Å²) >= 11 is 1.59. The van der Waals surface area contributed by atoms with Gasteiger partial charge < -0.3 is 9.47 Å². The lowest BCUT2D eigenvalue weighted by Gasteiger charge is -2.13. The number of nitrogens with zero attached hydrogens (tertiary/aromatic N) is 3. The fourth-order valence-corrected chi connectivity index (χ4v) is 5.00. The number of ether oxygens (including phenoxy) is 2. The Bertz CT molecular complexity index is 1230. The van der Waals surface area contributed by atoms with Crippen LogP contribution in [0.15, 0.2) is 34.4 Å². The Balaban J connectivity index is 1.44. The summed E-state index contributed by atoms with van der Waals surface area (Å²) in [4.78, 5) is 31.7. The van der Waals surface area contributed by atoms with Crippen molar-refractivity contribution in [1.29, 1.82) is 0 Å². The lowest BCUT2D eigenvalue weighted by atomic mass is 9.97. The molecule has 0 atom stereocenters. The smallest absolute Gasteiger partial charge is 0.262 e. The first-order valence-electron chi connectivity index (χ1n) is 10.6. The van der Waals surface area contributed by atoms with Crippen molar-refractivity contribution in [3.8, 4) is 11.5 Å². The third-order valence-electron chi connectivity index (χ3n) is 5.21. The van der Waals surface area contributed by atoms with Gasteiger partial charge in [0.15, 0.2) is 11.5 Å². The summed E-state index contributed by atoms with van der Waals surface area (Å²) in [5.74, 6) is 0.820. The highest BCUT2D eigenvalue weighted by molar-refractivity contribution is 7.18. The van der Waals surface area contributed by atoms with Crippen molar-refractivity contribution in [2.24, 2.45) is 5.10 Å². The first kappa shape index (κ1) is 22.0. The number of aryl methyl sites for hydroxylation is 2. The minimum atomic E-state index is -0.402. The van der Waals surface area contributed by atoms with Crippen molar-refractivity contribution in [3.05, 3.63) is 50.9 Å². The van der Waals surface area contributed by atoms with Gasteiger partial charge in [-0.3, -0.25) is 14.2 Å². The van der Waals surface area contributed by atoms with Crippen LogP contribution in [0.5, 0.6) is 11.5 Å². The molecule has 1 N–H and O–H groups in total. The van der Waals surface area contributed by atoms with Crippen LogP contribution in [-0.2, 0) is 24.2 Å². The SMILES string of the molecule is COc1cc(/C=N/NC(=O)Cn2cnc3sc4c(c3c2=O)CCCC4)ccc1OC(C)C. The number of amides is 1. The first-order valence-corrected chi connectivity index (χ1v) is 11.4. The number of thiophene rings is 1. The van der Waals surface area contributed by atoms with Crippen LogP contribution < -0.4 is 20.5 Å². The van der Waals surface area contributed by atoms with Crippen molar-refractivity contribution in [3.63, 3.8) is 0 Å². The van der Waals surface area contributed by atoms with Crippen LogP contribution in [0.2, 0.25) is 0 Å². The van der Waals surface area contributed by atoms with Gasteiger partial charge in [-0.15, -0.1) is 11.3 Å². The third kappa shape index (κ3) is 4.67. The topological polar surface area (TPSA) is 94.8 Å². The van der Waals surface area contributed by atoms with Gasteiger partial charge in [0.25, 0.3) is 11.5 Å². The fraction of sp³-hybridized carbons (Fsp3) is 0.391. The molecule has 8 nitrogen and oxygen atoms in total. The number of carbonyl (C=O) groups is 1. The van der Waals surface area contributed by atoms with Gasteiger partial charge in [0, 0.05) is 4.88 Å². The molecule has 0 bridgehead atoms. The highest BCUT2D eigenvalue weighted by Crippen LogP contribution is 2.33. The van der Waals surface area contributed by atoms with E-state index in [1.165, 1.54) is 22.0 Å². The van der Waals surface area contributed by atoms with E-state index in [1.54, 1.807) is 30.6 Å². The van der Waals surface area contributed by atoms with Crippen LogP contribution in [0.25, 0.3) is 10.2 Å². The Morgan fingerprint density at radius 3 is 2.91 bits per heavy atom. The molecule has 4 rings (SSSR count). The quantitative estimate of drug-likeness (QED) is 0.437. The largest absolute Gasteiger partial charge is 0.493 e. The molecule has 1 aromatic carbocycles. The number of fused-ring (bicyclic) bond motifs is 3. The molecule has 0 aliphatic heterocycles. The Morgan fingerprint density at radius 2 is 2.12 bits per heavy atom. The van der Waals surface area contributed by atoms with E-state index in [-0.39, 0.29) is 18.2 Å². The van der Waals surface area contributed by atoms with Gasteiger partial charge in [0.2, 0.25) is 0 Å². The molecule has 1 aliphatic carbocycles. The molecule has 0 saturated carbocycles. The van der Waals surface area contributed by atoms with E-state index in [1.807, 2.05) is 19.9 Å². The summed E-state index contributed by atoms with van der Waals surface area (Å²) in [7, 11) is 1.57. The fourth-order valence-electron chi connectivity index (χ4n) is 3.78. The van der Waals surface area contributed by atoms with E-state index < -0.39 is 5.91 Å². The number of hydrazone groups is 1. The third-order valence-corrected chi connectivity index (χ3v) is 6.41. The summed E-state index contributed by atoms with van der Waals surface area (Å²) in [6, 6.07) is 5.39. The van der Waals surface area contributed by atoms with E-state index in [9.17, 15) is 9.59 Å². The molecular formula is C23H26N4O4S. The second-order valence-corrected chi connectivity index (χ2v) is 9.02. The summed E-state index contributed by atoms with van der Waals surface area (Å²) in [5.41, 5.74) is 4.15. The van der Waals surface area contributed by atoms with Crippen LogP contribution >= 0.6 is 11.3 Å². The number of aromatic nitrogens is 2. The Morgan fingerprint density at radius 1 is 1.31 bits per heavy atom. The molecule has 0 saturated heterocycles. The van der Waals surface area contributed by atoms with Crippen molar-refractivity contribution >= 4 is 33.7 Å². The number of hydrogen-bond acceptors (Lipinski definition) is 7. The van der Waals surface area contributed by atoms with Gasteiger partial charge in [-0.25, -0.2) is 10.4 Å². The lowest BCUT2D eigenvalue weighted by molar-refractivity contribution is -0.121. The summed E-state index contributed by atoms with van der Waals surface area (Å²) < 4.78 is 12.4. The molecule has 2 aromatic heterocycles. The Labute approximate surface area is 189 Å². The second-order valence-electron chi connectivity index (χ2n) is 7.94. The predicted octanol–water partition coefficient (Wildman–Crippen LogP) is 3.28. The average Bonchev–Trinajstić information content (AvgIpc) is 3.15. The van der Waals surface area contributed by atoms with Crippen LogP contribution in [0.3, 0.4) is 0 Å². The zero-order chi connectivity index (χ0) is 22.7. The monoisotopic (exact) mass is 454 g/mol. The molecule has 0 radical (unpaired) electrons. The number of methoxy groups -OCH3 is 1. The van der Waals surface area contributed by atoms with E-state index in [0.29, 0.717) is 16.9 Å².